The van der Waals surface area contributed by atoms with Crippen molar-refractivity contribution in [1.82, 2.24) is 20.9 Å². The Hall–Kier alpha value is -2.53. The first-order chi connectivity index (χ1) is 18.7. The molecule has 2 amide bonds. The smallest absolute Gasteiger partial charge is 0.317 e. The third kappa shape index (κ3) is 12.9. The molecule has 1 aliphatic carbocycles. The third-order valence-corrected chi connectivity index (χ3v) is 8.07. The lowest BCUT2D eigenvalue weighted by atomic mass is 9.81. The molecule has 2 rings (SSSR count). The van der Waals surface area contributed by atoms with Gasteiger partial charge in [-0.3, -0.25) is 24.0 Å². The van der Waals surface area contributed by atoms with Gasteiger partial charge in [-0.05, 0) is 76.8 Å². The zero-order valence-corrected chi connectivity index (χ0v) is 23.4. The van der Waals surface area contributed by atoms with E-state index in [4.69, 9.17) is 5.11 Å². The van der Waals surface area contributed by atoms with Crippen LogP contribution in [0.2, 0.25) is 0 Å². The van der Waals surface area contributed by atoms with E-state index in [1.165, 1.54) is 4.90 Å². The SMILES string of the molecule is CCN(CC(=O)N[C@@H](CC(=O)O)C(=O)CCC(NCC(=O)O)C1CCCCC1)C(=O)CCCC1CCNCC1. The van der Waals surface area contributed by atoms with E-state index in [-0.39, 0.29) is 37.4 Å². The minimum atomic E-state index is -1.21. The van der Waals surface area contributed by atoms with E-state index in [1.807, 2.05) is 0 Å². The maximum atomic E-state index is 13.0. The van der Waals surface area contributed by atoms with Crippen molar-refractivity contribution in [2.24, 2.45) is 11.8 Å². The number of carboxylic acids is 2. The number of carbonyl (C=O) groups is 5. The molecule has 11 nitrogen and oxygen atoms in total. The van der Waals surface area contributed by atoms with E-state index in [1.54, 1.807) is 6.92 Å². The number of nitrogens with zero attached hydrogens (tertiary/aromatic N) is 1. The Kier molecular flexibility index (Phi) is 15.0. The average Bonchev–Trinajstić information content (AvgIpc) is 2.91. The number of rotatable bonds is 18. The van der Waals surface area contributed by atoms with Crippen LogP contribution in [0, 0.1) is 11.8 Å². The standard InChI is InChI=1S/C28H48N4O7/c1-2-32(26(35)10-6-7-20-13-15-29-16-14-20)19-25(34)31-23(17-27(36)37)24(33)12-11-22(30-18-28(38)39)21-8-4-3-5-9-21/h20-23,29-30H,2-19H2,1H3,(H,31,34)(H,36,37)(H,38,39)/t22?,23-/m0/s1. The lowest BCUT2D eigenvalue weighted by Crippen LogP contribution is -2.48. The van der Waals surface area contributed by atoms with E-state index < -0.39 is 36.1 Å². The molecule has 222 valence electrons. The molecular weight excluding hydrogens is 504 g/mol. The molecule has 1 unspecified atom stereocenters. The number of hydrogen-bond donors (Lipinski definition) is 5. The van der Waals surface area contributed by atoms with Crippen LogP contribution in [-0.2, 0) is 24.0 Å². The summed E-state index contributed by atoms with van der Waals surface area (Å²) in [5, 5.41) is 27.4. The highest BCUT2D eigenvalue weighted by atomic mass is 16.4. The van der Waals surface area contributed by atoms with Gasteiger partial charge in [0.05, 0.1) is 25.6 Å². The lowest BCUT2D eigenvalue weighted by Gasteiger charge is -2.31. The second-order valence-corrected chi connectivity index (χ2v) is 11.0. The molecule has 2 aliphatic rings. The molecule has 2 fully saturated rings. The molecule has 39 heavy (non-hydrogen) atoms. The van der Waals surface area contributed by atoms with Crippen molar-refractivity contribution < 1.29 is 34.2 Å². The fourth-order valence-corrected chi connectivity index (χ4v) is 5.81. The van der Waals surface area contributed by atoms with E-state index >= 15 is 0 Å². The van der Waals surface area contributed by atoms with Crippen molar-refractivity contribution in [3.63, 3.8) is 0 Å². The molecular formula is C28H48N4O7. The van der Waals surface area contributed by atoms with Crippen LogP contribution in [0.25, 0.3) is 0 Å². The van der Waals surface area contributed by atoms with Gasteiger partial charge in [-0.15, -0.1) is 0 Å². The minimum absolute atomic E-state index is 0.0269. The van der Waals surface area contributed by atoms with Gasteiger partial charge in [0.2, 0.25) is 11.8 Å². The molecule has 1 saturated heterocycles. The van der Waals surface area contributed by atoms with Gasteiger partial charge >= 0.3 is 11.9 Å². The Morgan fingerprint density at radius 3 is 2.26 bits per heavy atom. The molecule has 1 heterocycles. The Labute approximate surface area is 231 Å². The van der Waals surface area contributed by atoms with Gasteiger partial charge < -0.3 is 31.1 Å². The Morgan fingerprint density at radius 1 is 0.949 bits per heavy atom. The van der Waals surface area contributed by atoms with Gasteiger partial charge in [0.1, 0.15) is 0 Å². The fraction of sp³-hybridized carbons (Fsp3) is 0.821. The number of carboxylic acid groups (broad SMARTS) is 2. The first-order valence-corrected chi connectivity index (χ1v) is 14.7. The van der Waals surface area contributed by atoms with E-state index in [0.717, 1.165) is 70.9 Å². The van der Waals surface area contributed by atoms with Crippen LogP contribution in [-0.4, -0.2) is 89.5 Å². The normalized spacial score (nSPS) is 18.2. The van der Waals surface area contributed by atoms with Gasteiger partial charge in [-0.25, -0.2) is 0 Å². The van der Waals surface area contributed by atoms with Gasteiger partial charge in [-0.1, -0.05) is 19.3 Å². The van der Waals surface area contributed by atoms with Crippen molar-refractivity contribution in [2.75, 3.05) is 32.7 Å². The maximum absolute atomic E-state index is 13.0. The number of ketones is 1. The summed E-state index contributed by atoms with van der Waals surface area (Å²) in [6, 6.07) is -1.36. The van der Waals surface area contributed by atoms with Gasteiger partial charge in [-0.2, -0.15) is 0 Å². The fourth-order valence-electron chi connectivity index (χ4n) is 5.81. The molecule has 5 N–H and O–H groups in total. The number of Topliss-reactive ketones (excluding diaryl/α,β-unsaturated/α-hetero) is 1. The number of likely N-dealkylation sites (N-methyl/N-ethyl adjacent to an activating group) is 1. The van der Waals surface area contributed by atoms with Crippen molar-refractivity contribution >= 4 is 29.5 Å². The summed E-state index contributed by atoms with van der Waals surface area (Å²) in [4.78, 5) is 62.5. The second-order valence-electron chi connectivity index (χ2n) is 11.0. The third-order valence-electron chi connectivity index (χ3n) is 8.07. The summed E-state index contributed by atoms with van der Waals surface area (Å²) in [7, 11) is 0. The first-order valence-electron chi connectivity index (χ1n) is 14.7. The Morgan fingerprint density at radius 2 is 1.64 bits per heavy atom. The van der Waals surface area contributed by atoms with Crippen LogP contribution in [0.1, 0.15) is 90.4 Å². The number of piperidine rings is 1. The predicted molar refractivity (Wildman–Crippen MR) is 146 cm³/mol. The highest BCUT2D eigenvalue weighted by molar-refractivity contribution is 5.93. The summed E-state index contributed by atoms with van der Waals surface area (Å²) in [5.74, 6) is -2.38. The molecule has 0 aromatic carbocycles. The summed E-state index contributed by atoms with van der Waals surface area (Å²) < 4.78 is 0. The zero-order chi connectivity index (χ0) is 28.6. The largest absolute Gasteiger partial charge is 0.481 e. The van der Waals surface area contributed by atoms with Crippen LogP contribution in [0.3, 0.4) is 0 Å². The summed E-state index contributed by atoms with van der Waals surface area (Å²) in [6.07, 6.45) is 9.37. The van der Waals surface area contributed by atoms with Gasteiger partial charge in [0, 0.05) is 25.4 Å². The number of carbonyl (C=O) groups excluding carboxylic acids is 3. The molecule has 1 aliphatic heterocycles. The summed E-state index contributed by atoms with van der Waals surface area (Å²) in [5.41, 5.74) is 0. The molecule has 1 saturated carbocycles. The van der Waals surface area contributed by atoms with Crippen LogP contribution in [0.4, 0.5) is 0 Å². The van der Waals surface area contributed by atoms with Crippen LogP contribution >= 0.6 is 0 Å². The van der Waals surface area contributed by atoms with E-state index in [2.05, 4.69) is 16.0 Å². The maximum Gasteiger partial charge on any atom is 0.317 e. The van der Waals surface area contributed by atoms with Crippen LogP contribution in [0.5, 0.6) is 0 Å². The van der Waals surface area contributed by atoms with Crippen molar-refractivity contribution in [3.8, 4) is 0 Å². The minimum Gasteiger partial charge on any atom is -0.481 e. The molecule has 0 bridgehead atoms. The predicted octanol–water partition coefficient (Wildman–Crippen LogP) is 1.94. The van der Waals surface area contributed by atoms with E-state index in [9.17, 15) is 29.1 Å². The lowest BCUT2D eigenvalue weighted by molar-refractivity contribution is -0.141. The summed E-state index contributed by atoms with van der Waals surface area (Å²) in [6.45, 7) is 3.72. The Balaban J connectivity index is 1.88. The molecule has 2 atom stereocenters. The number of nitrogens with one attached hydrogen (secondary N) is 3. The molecule has 11 heteroatoms. The van der Waals surface area contributed by atoms with Crippen LogP contribution < -0.4 is 16.0 Å². The number of aliphatic carboxylic acids is 2. The molecule has 0 spiro atoms. The highest BCUT2D eigenvalue weighted by Gasteiger charge is 2.29. The van der Waals surface area contributed by atoms with E-state index in [0.29, 0.717) is 25.3 Å². The monoisotopic (exact) mass is 552 g/mol. The second kappa shape index (κ2) is 17.9. The van der Waals surface area contributed by atoms with Crippen molar-refractivity contribution in [1.29, 1.82) is 0 Å². The van der Waals surface area contributed by atoms with Crippen LogP contribution in [0.15, 0.2) is 0 Å². The van der Waals surface area contributed by atoms with Crippen molar-refractivity contribution in [3.05, 3.63) is 0 Å². The van der Waals surface area contributed by atoms with Gasteiger partial charge in [0.15, 0.2) is 5.78 Å². The quantitative estimate of drug-likeness (QED) is 0.171. The number of amides is 2. The topological polar surface area (TPSA) is 165 Å². The molecule has 0 radical (unpaired) electrons. The zero-order valence-electron chi connectivity index (χ0n) is 23.4. The summed E-state index contributed by atoms with van der Waals surface area (Å²) >= 11 is 0. The Bertz CT molecular complexity index is 810. The number of hydrogen-bond acceptors (Lipinski definition) is 7. The first kappa shape index (κ1) is 32.7. The van der Waals surface area contributed by atoms with Gasteiger partial charge in [0.25, 0.3) is 0 Å². The molecule has 0 aromatic heterocycles. The van der Waals surface area contributed by atoms with Crippen molar-refractivity contribution in [2.45, 2.75) is 102 Å². The average molecular weight is 553 g/mol. The highest BCUT2D eigenvalue weighted by Crippen LogP contribution is 2.28. The molecule has 0 aromatic rings.